The number of sulfonamides is 1. The van der Waals surface area contributed by atoms with Crippen molar-refractivity contribution >= 4 is 38.9 Å². The third kappa shape index (κ3) is 3.53. The van der Waals surface area contributed by atoms with Crippen molar-refractivity contribution in [2.24, 2.45) is 0 Å². The molecule has 0 fully saturated rings. The molecule has 0 saturated heterocycles. The van der Waals surface area contributed by atoms with Gasteiger partial charge in [0.25, 0.3) is 10.0 Å². The van der Waals surface area contributed by atoms with Crippen LogP contribution in [0.15, 0.2) is 35.2 Å². The third-order valence-corrected chi connectivity index (χ3v) is 6.44. The SMILES string of the molecule is COc1ccc(NC(C)=O)cc1NS(=O)(=O)c1cc2c3c(c1)CCN3C(=O)CC2. The molecular formula is C20H21N3O5S. The van der Waals surface area contributed by atoms with Crippen molar-refractivity contribution in [3.63, 3.8) is 0 Å². The Morgan fingerprint density at radius 3 is 2.52 bits per heavy atom. The van der Waals surface area contributed by atoms with E-state index >= 15 is 0 Å². The van der Waals surface area contributed by atoms with E-state index in [4.69, 9.17) is 4.74 Å². The van der Waals surface area contributed by atoms with Gasteiger partial charge in [0.2, 0.25) is 11.8 Å². The van der Waals surface area contributed by atoms with E-state index in [-0.39, 0.29) is 22.4 Å². The summed E-state index contributed by atoms with van der Waals surface area (Å²) in [7, 11) is -2.46. The topological polar surface area (TPSA) is 105 Å². The lowest BCUT2D eigenvalue weighted by molar-refractivity contribution is -0.118. The molecule has 2 aliphatic rings. The number of nitrogens with one attached hydrogen (secondary N) is 2. The van der Waals surface area contributed by atoms with Gasteiger partial charge in [-0.25, -0.2) is 8.42 Å². The number of hydrogen-bond acceptors (Lipinski definition) is 5. The second-order valence-corrected chi connectivity index (χ2v) is 8.77. The molecule has 0 radical (unpaired) electrons. The van der Waals surface area contributed by atoms with Crippen molar-refractivity contribution in [3.05, 3.63) is 41.5 Å². The number of anilines is 3. The van der Waals surface area contributed by atoms with Gasteiger partial charge in [0.15, 0.2) is 0 Å². The number of carbonyl (C=O) groups excluding carboxylic acids is 2. The second-order valence-electron chi connectivity index (χ2n) is 7.09. The summed E-state index contributed by atoms with van der Waals surface area (Å²) in [5.41, 5.74) is 3.29. The number of benzene rings is 2. The predicted octanol–water partition coefficient (Wildman–Crippen LogP) is 2.29. The monoisotopic (exact) mass is 415 g/mol. The average molecular weight is 415 g/mol. The van der Waals surface area contributed by atoms with E-state index in [9.17, 15) is 18.0 Å². The first-order valence-corrected chi connectivity index (χ1v) is 10.7. The summed E-state index contributed by atoms with van der Waals surface area (Å²) in [5.74, 6) is 0.159. The molecule has 0 spiro atoms. The van der Waals surface area contributed by atoms with E-state index in [0.717, 1.165) is 16.8 Å². The number of aryl methyl sites for hydroxylation is 1. The van der Waals surface area contributed by atoms with Crippen molar-refractivity contribution < 1.29 is 22.7 Å². The molecule has 0 unspecified atom stereocenters. The van der Waals surface area contributed by atoms with Gasteiger partial charge in [-0.15, -0.1) is 0 Å². The summed E-state index contributed by atoms with van der Waals surface area (Å²) in [4.78, 5) is 25.3. The normalized spacial score (nSPS) is 15.1. The lowest BCUT2D eigenvalue weighted by Gasteiger charge is -2.25. The fourth-order valence-corrected chi connectivity index (χ4v) is 5.02. The molecule has 0 aromatic heterocycles. The highest BCUT2D eigenvalue weighted by atomic mass is 32.2. The zero-order valence-corrected chi connectivity index (χ0v) is 16.9. The van der Waals surface area contributed by atoms with Crippen LogP contribution in [0.5, 0.6) is 5.75 Å². The summed E-state index contributed by atoms with van der Waals surface area (Å²) < 4.78 is 34.0. The summed E-state index contributed by atoms with van der Waals surface area (Å²) in [6.45, 7) is 1.96. The molecule has 2 amide bonds. The molecule has 0 bridgehead atoms. The van der Waals surface area contributed by atoms with E-state index < -0.39 is 10.0 Å². The first kappa shape index (κ1) is 19.3. The van der Waals surface area contributed by atoms with E-state index in [2.05, 4.69) is 10.0 Å². The average Bonchev–Trinajstić information content (AvgIpc) is 3.09. The summed E-state index contributed by atoms with van der Waals surface area (Å²) >= 11 is 0. The van der Waals surface area contributed by atoms with Crippen molar-refractivity contribution in [2.75, 3.05) is 28.6 Å². The summed E-state index contributed by atoms with van der Waals surface area (Å²) in [5, 5.41) is 2.62. The van der Waals surface area contributed by atoms with E-state index in [1.807, 2.05) is 0 Å². The van der Waals surface area contributed by atoms with Gasteiger partial charge in [-0.3, -0.25) is 14.3 Å². The van der Waals surface area contributed by atoms with Crippen LogP contribution in [0.25, 0.3) is 0 Å². The van der Waals surface area contributed by atoms with Gasteiger partial charge in [0.05, 0.1) is 23.4 Å². The lowest BCUT2D eigenvalue weighted by Crippen LogP contribution is -2.33. The Labute approximate surface area is 168 Å². The van der Waals surface area contributed by atoms with E-state index in [1.165, 1.54) is 20.1 Å². The Kier molecular flexibility index (Phi) is 4.70. The van der Waals surface area contributed by atoms with Crippen molar-refractivity contribution in [1.29, 1.82) is 0 Å². The fraction of sp³-hybridized carbons (Fsp3) is 0.300. The van der Waals surface area contributed by atoms with Crippen LogP contribution in [0.3, 0.4) is 0 Å². The van der Waals surface area contributed by atoms with Crippen LogP contribution in [0, 0.1) is 0 Å². The van der Waals surface area contributed by atoms with Gasteiger partial charge in [-0.2, -0.15) is 0 Å². The molecule has 0 atom stereocenters. The third-order valence-electron chi connectivity index (χ3n) is 5.10. The van der Waals surface area contributed by atoms with Gasteiger partial charge < -0.3 is 15.0 Å². The van der Waals surface area contributed by atoms with Crippen LogP contribution in [-0.4, -0.2) is 33.9 Å². The Morgan fingerprint density at radius 2 is 1.83 bits per heavy atom. The quantitative estimate of drug-likeness (QED) is 0.780. The number of rotatable bonds is 5. The molecule has 152 valence electrons. The van der Waals surface area contributed by atoms with E-state index in [1.54, 1.807) is 29.2 Å². The summed E-state index contributed by atoms with van der Waals surface area (Å²) in [6.07, 6.45) is 1.55. The molecule has 2 N–H and O–H groups in total. The number of carbonyl (C=O) groups is 2. The van der Waals surface area contributed by atoms with Gasteiger partial charge in [-0.1, -0.05) is 0 Å². The number of hydrogen-bond donors (Lipinski definition) is 2. The number of ether oxygens (including phenoxy) is 1. The Bertz CT molecular complexity index is 1130. The molecule has 29 heavy (non-hydrogen) atoms. The molecule has 2 aromatic rings. The highest BCUT2D eigenvalue weighted by molar-refractivity contribution is 7.92. The molecule has 2 aliphatic heterocycles. The van der Waals surface area contributed by atoms with Crippen molar-refractivity contribution in [3.8, 4) is 5.75 Å². The Morgan fingerprint density at radius 1 is 1.10 bits per heavy atom. The molecule has 0 aliphatic carbocycles. The minimum atomic E-state index is -3.90. The molecule has 2 aromatic carbocycles. The predicted molar refractivity (Wildman–Crippen MR) is 109 cm³/mol. The van der Waals surface area contributed by atoms with Crippen LogP contribution in [0.2, 0.25) is 0 Å². The maximum atomic E-state index is 13.1. The van der Waals surface area contributed by atoms with Gasteiger partial charge in [0.1, 0.15) is 5.75 Å². The van der Waals surface area contributed by atoms with Gasteiger partial charge >= 0.3 is 0 Å². The maximum Gasteiger partial charge on any atom is 0.262 e. The minimum absolute atomic E-state index is 0.0875. The maximum absolute atomic E-state index is 13.1. The largest absolute Gasteiger partial charge is 0.495 e. The number of nitrogens with zero attached hydrogens (tertiary/aromatic N) is 1. The van der Waals surface area contributed by atoms with Crippen LogP contribution in [0.4, 0.5) is 17.1 Å². The standard InChI is InChI=1S/C20H21N3O5S/c1-12(24)21-15-4-5-18(28-2)17(11-15)22-29(26,27)16-9-13-3-6-19(25)23-8-7-14(10-16)20(13)23/h4-5,9-11,22H,3,6-8H2,1-2H3,(H,21,24). The Hall–Kier alpha value is -3.07. The summed E-state index contributed by atoms with van der Waals surface area (Å²) in [6, 6.07) is 7.98. The minimum Gasteiger partial charge on any atom is -0.495 e. The van der Waals surface area contributed by atoms with Crippen molar-refractivity contribution in [1.82, 2.24) is 0 Å². The zero-order chi connectivity index (χ0) is 20.8. The fourth-order valence-electron chi connectivity index (χ4n) is 3.85. The number of methoxy groups -OCH3 is 1. The Balaban J connectivity index is 1.70. The lowest BCUT2D eigenvalue weighted by atomic mass is 10.00. The van der Waals surface area contributed by atoms with Crippen LogP contribution >= 0.6 is 0 Å². The smallest absolute Gasteiger partial charge is 0.262 e. The second kappa shape index (κ2) is 7.07. The van der Waals surface area contributed by atoms with Crippen LogP contribution < -0.4 is 19.7 Å². The first-order valence-electron chi connectivity index (χ1n) is 9.23. The highest BCUT2D eigenvalue weighted by Crippen LogP contribution is 2.39. The number of amides is 2. The van der Waals surface area contributed by atoms with Gasteiger partial charge in [0, 0.05) is 25.6 Å². The van der Waals surface area contributed by atoms with Crippen LogP contribution in [-0.2, 0) is 32.5 Å². The van der Waals surface area contributed by atoms with Gasteiger partial charge in [-0.05, 0) is 54.3 Å². The molecular weight excluding hydrogens is 394 g/mol. The first-order chi connectivity index (χ1) is 13.8. The highest BCUT2D eigenvalue weighted by Gasteiger charge is 2.33. The van der Waals surface area contributed by atoms with E-state index in [0.29, 0.717) is 37.2 Å². The molecule has 2 heterocycles. The molecule has 4 rings (SSSR count). The molecule has 0 saturated carbocycles. The van der Waals surface area contributed by atoms with Crippen LogP contribution in [0.1, 0.15) is 24.5 Å². The molecule has 8 nitrogen and oxygen atoms in total. The van der Waals surface area contributed by atoms with Crippen molar-refractivity contribution in [2.45, 2.75) is 31.1 Å². The molecule has 9 heteroatoms. The zero-order valence-electron chi connectivity index (χ0n) is 16.1.